The van der Waals surface area contributed by atoms with E-state index in [2.05, 4.69) is 45.9 Å². The summed E-state index contributed by atoms with van der Waals surface area (Å²) >= 11 is 0. The molecule has 0 saturated carbocycles. The second kappa shape index (κ2) is 7.21. The molecule has 0 aliphatic rings. The van der Waals surface area contributed by atoms with E-state index < -0.39 is 0 Å². The van der Waals surface area contributed by atoms with E-state index in [4.69, 9.17) is 5.26 Å². The van der Waals surface area contributed by atoms with Crippen molar-refractivity contribution in [3.63, 3.8) is 0 Å². The van der Waals surface area contributed by atoms with Gasteiger partial charge in [-0.1, -0.05) is 39.7 Å². The molecular weight excluding hydrogens is 218 g/mol. The second-order valence-electron chi connectivity index (χ2n) is 5.64. The van der Waals surface area contributed by atoms with Crippen LogP contribution in [0.5, 0.6) is 0 Å². The number of benzene rings is 1. The third kappa shape index (κ3) is 4.18. The molecule has 0 aromatic heterocycles. The maximum absolute atomic E-state index is 9.03. The molecule has 18 heavy (non-hydrogen) atoms. The molecule has 1 aromatic carbocycles. The van der Waals surface area contributed by atoms with Crippen molar-refractivity contribution in [1.29, 1.82) is 5.26 Å². The van der Waals surface area contributed by atoms with Crippen LogP contribution in [0.25, 0.3) is 0 Å². The molecule has 1 unspecified atom stereocenters. The van der Waals surface area contributed by atoms with Gasteiger partial charge in [-0.3, -0.25) is 0 Å². The molecule has 0 bridgehead atoms. The van der Waals surface area contributed by atoms with Gasteiger partial charge in [0.05, 0.1) is 11.6 Å². The maximum Gasteiger partial charge on any atom is 0.0991 e. The summed E-state index contributed by atoms with van der Waals surface area (Å²) in [6.45, 7) is 8.96. The Morgan fingerprint density at radius 3 is 2.44 bits per heavy atom. The molecule has 0 saturated heterocycles. The topological polar surface area (TPSA) is 23.8 Å². The van der Waals surface area contributed by atoms with E-state index in [1.807, 2.05) is 6.07 Å². The highest BCUT2D eigenvalue weighted by Gasteiger charge is 2.14. The van der Waals surface area contributed by atoms with Crippen LogP contribution >= 0.6 is 0 Å². The van der Waals surface area contributed by atoms with Gasteiger partial charge in [0, 0.05) is 0 Å². The molecular formula is C17H25N. The van der Waals surface area contributed by atoms with Gasteiger partial charge in [-0.05, 0) is 54.9 Å². The molecule has 1 atom stereocenters. The molecule has 1 heteroatoms. The van der Waals surface area contributed by atoms with Gasteiger partial charge in [-0.25, -0.2) is 0 Å². The Morgan fingerprint density at radius 2 is 1.89 bits per heavy atom. The van der Waals surface area contributed by atoms with E-state index in [0.717, 1.165) is 11.5 Å². The lowest BCUT2D eigenvalue weighted by Crippen LogP contribution is -2.04. The summed E-state index contributed by atoms with van der Waals surface area (Å²) < 4.78 is 0. The van der Waals surface area contributed by atoms with Gasteiger partial charge >= 0.3 is 0 Å². The Hall–Kier alpha value is -1.29. The van der Waals surface area contributed by atoms with Gasteiger partial charge in [-0.2, -0.15) is 5.26 Å². The maximum atomic E-state index is 9.03. The summed E-state index contributed by atoms with van der Waals surface area (Å²) in [5, 5.41) is 9.03. The molecule has 0 spiro atoms. The standard InChI is InChI=1S/C17H25N/c1-5-6-16(10-7-13(2)3)17-11-15(12-18)9-8-14(17)4/h8-9,11,13,16H,5-7,10H2,1-4H3. The highest BCUT2D eigenvalue weighted by molar-refractivity contribution is 5.39. The Bertz CT molecular complexity index is 412. The van der Waals surface area contributed by atoms with Crippen molar-refractivity contribution < 1.29 is 0 Å². The van der Waals surface area contributed by atoms with Crippen LogP contribution in [0.1, 0.15) is 69.1 Å². The van der Waals surface area contributed by atoms with E-state index >= 15 is 0 Å². The van der Waals surface area contributed by atoms with Gasteiger partial charge < -0.3 is 0 Å². The molecule has 0 aliphatic carbocycles. The molecule has 1 aromatic rings. The van der Waals surface area contributed by atoms with Crippen LogP contribution in [-0.4, -0.2) is 0 Å². The number of nitriles is 1. The lowest BCUT2D eigenvalue weighted by molar-refractivity contribution is 0.477. The van der Waals surface area contributed by atoms with Crippen LogP contribution < -0.4 is 0 Å². The van der Waals surface area contributed by atoms with Gasteiger partial charge in [0.1, 0.15) is 0 Å². The molecule has 0 radical (unpaired) electrons. The van der Waals surface area contributed by atoms with Crippen LogP contribution in [-0.2, 0) is 0 Å². The van der Waals surface area contributed by atoms with Crippen LogP contribution in [0, 0.1) is 24.2 Å². The summed E-state index contributed by atoms with van der Waals surface area (Å²) in [4.78, 5) is 0. The fraction of sp³-hybridized carbons (Fsp3) is 0.588. The average molecular weight is 243 g/mol. The van der Waals surface area contributed by atoms with E-state index in [-0.39, 0.29) is 0 Å². The van der Waals surface area contributed by atoms with Crippen LogP contribution in [0.3, 0.4) is 0 Å². The van der Waals surface area contributed by atoms with Crippen molar-refractivity contribution in [2.45, 2.75) is 59.3 Å². The summed E-state index contributed by atoms with van der Waals surface area (Å²) in [6, 6.07) is 8.36. The first-order valence-corrected chi connectivity index (χ1v) is 7.09. The van der Waals surface area contributed by atoms with Gasteiger partial charge in [0.25, 0.3) is 0 Å². The van der Waals surface area contributed by atoms with Gasteiger partial charge in [0.2, 0.25) is 0 Å². The highest BCUT2D eigenvalue weighted by Crippen LogP contribution is 2.30. The fourth-order valence-corrected chi connectivity index (χ4v) is 2.49. The predicted octanol–water partition coefficient (Wildman–Crippen LogP) is 5.19. The molecule has 0 N–H and O–H groups in total. The number of hydrogen-bond acceptors (Lipinski definition) is 1. The minimum Gasteiger partial charge on any atom is -0.192 e. The van der Waals surface area contributed by atoms with Crippen LogP contribution in [0.2, 0.25) is 0 Å². The summed E-state index contributed by atoms with van der Waals surface area (Å²) in [7, 11) is 0. The third-order valence-electron chi connectivity index (χ3n) is 3.58. The molecule has 1 nitrogen and oxygen atoms in total. The van der Waals surface area contributed by atoms with E-state index in [9.17, 15) is 0 Å². The quantitative estimate of drug-likeness (QED) is 0.674. The number of nitrogens with zero attached hydrogens (tertiary/aromatic N) is 1. The number of rotatable bonds is 6. The smallest absolute Gasteiger partial charge is 0.0991 e. The first-order chi connectivity index (χ1) is 8.58. The van der Waals surface area contributed by atoms with Crippen molar-refractivity contribution in [3.8, 4) is 6.07 Å². The van der Waals surface area contributed by atoms with Crippen molar-refractivity contribution in [1.82, 2.24) is 0 Å². The molecule has 0 heterocycles. The molecule has 1 rings (SSSR count). The Morgan fingerprint density at radius 1 is 1.17 bits per heavy atom. The first kappa shape index (κ1) is 14.8. The van der Waals surface area contributed by atoms with Crippen LogP contribution in [0.15, 0.2) is 18.2 Å². The number of aryl methyl sites for hydroxylation is 1. The lowest BCUT2D eigenvalue weighted by Gasteiger charge is -2.20. The monoisotopic (exact) mass is 243 g/mol. The lowest BCUT2D eigenvalue weighted by atomic mass is 9.85. The predicted molar refractivity (Wildman–Crippen MR) is 77.6 cm³/mol. The zero-order valence-corrected chi connectivity index (χ0v) is 12.2. The van der Waals surface area contributed by atoms with Crippen molar-refractivity contribution in [3.05, 3.63) is 34.9 Å². The summed E-state index contributed by atoms with van der Waals surface area (Å²) in [6.07, 6.45) is 4.93. The van der Waals surface area contributed by atoms with Crippen LogP contribution in [0.4, 0.5) is 0 Å². The minimum atomic E-state index is 0.616. The average Bonchev–Trinajstić information content (AvgIpc) is 2.35. The second-order valence-corrected chi connectivity index (χ2v) is 5.64. The van der Waals surface area contributed by atoms with Crippen molar-refractivity contribution in [2.75, 3.05) is 0 Å². The van der Waals surface area contributed by atoms with Gasteiger partial charge in [-0.15, -0.1) is 0 Å². The Kier molecular flexibility index (Phi) is 5.92. The first-order valence-electron chi connectivity index (χ1n) is 7.09. The summed E-state index contributed by atoms with van der Waals surface area (Å²) in [5.74, 6) is 1.37. The largest absolute Gasteiger partial charge is 0.192 e. The fourth-order valence-electron chi connectivity index (χ4n) is 2.49. The van der Waals surface area contributed by atoms with Crippen molar-refractivity contribution in [2.24, 2.45) is 5.92 Å². The van der Waals surface area contributed by atoms with E-state index in [1.54, 1.807) is 0 Å². The zero-order valence-electron chi connectivity index (χ0n) is 12.2. The summed E-state index contributed by atoms with van der Waals surface area (Å²) in [5.41, 5.74) is 3.51. The van der Waals surface area contributed by atoms with Gasteiger partial charge in [0.15, 0.2) is 0 Å². The Balaban J connectivity index is 2.93. The number of hydrogen-bond donors (Lipinski definition) is 0. The SMILES string of the molecule is CCCC(CCC(C)C)c1cc(C#N)ccc1C. The molecule has 0 fully saturated rings. The van der Waals surface area contributed by atoms with E-state index in [1.165, 1.54) is 36.8 Å². The normalized spacial score (nSPS) is 12.4. The van der Waals surface area contributed by atoms with Crippen molar-refractivity contribution >= 4 is 0 Å². The molecule has 0 amide bonds. The minimum absolute atomic E-state index is 0.616. The van der Waals surface area contributed by atoms with E-state index in [0.29, 0.717) is 5.92 Å². The Labute approximate surface area is 112 Å². The zero-order chi connectivity index (χ0) is 13.5. The third-order valence-corrected chi connectivity index (χ3v) is 3.58. The molecule has 0 aliphatic heterocycles. The molecule has 98 valence electrons. The highest BCUT2D eigenvalue weighted by atomic mass is 14.2.